The van der Waals surface area contributed by atoms with Crippen molar-refractivity contribution < 1.29 is 4.57 Å². The summed E-state index contributed by atoms with van der Waals surface area (Å²) < 4.78 is 4.75. The highest BCUT2D eigenvalue weighted by Crippen LogP contribution is 2.14. The molecular formula is C22H37N2S+. The number of hydrogen-bond donors (Lipinski definition) is 0. The van der Waals surface area contributed by atoms with Crippen molar-refractivity contribution in [2.45, 2.75) is 90.5 Å². The molecule has 0 saturated heterocycles. The maximum absolute atomic E-state index is 2.40. The highest BCUT2D eigenvalue weighted by Gasteiger charge is 2.13. The topological polar surface area (TPSA) is 8.81 Å². The number of aryl methyl sites for hydroxylation is 1. The number of fused-ring (bicyclic) bond motifs is 1. The second-order valence-corrected chi connectivity index (χ2v) is 8.15. The molecule has 140 valence electrons. The Hall–Kier alpha value is -0.960. The molecule has 1 aromatic carbocycles. The van der Waals surface area contributed by atoms with Crippen LogP contribution in [0.5, 0.6) is 0 Å². The van der Waals surface area contributed by atoms with Crippen LogP contribution in [0.1, 0.15) is 78.1 Å². The van der Waals surface area contributed by atoms with E-state index in [1.807, 2.05) is 0 Å². The van der Waals surface area contributed by atoms with Crippen LogP contribution < -0.4 is 4.57 Å². The molecule has 0 aliphatic carbocycles. The van der Waals surface area contributed by atoms with Gasteiger partial charge in [-0.3, -0.25) is 0 Å². The monoisotopic (exact) mass is 361 g/mol. The van der Waals surface area contributed by atoms with Crippen molar-refractivity contribution in [2.75, 3.05) is 5.75 Å². The Labute approximate surface area is 159 Å². The van der Waals surface area contributed by atoms with Crippen LogP contribution in [0.15, 0.2) is 30.6 Å². The summed E-state index contributed by atoms with van der Waals surface area (Å²) in [5, 5.41) is 0. The second-order valence-electron chi connectivity index (χ2n) is 7.08. The number of aromatic nitrogens is 2. The Balaban J connectivity index is 1.54. The van der Waals surface area contributed by atoms with Gasteiger partial charge >= 0.3 is 0 Å². The molecule has 2 nitrogen and oxygen atoms in total. The third-order valence-corrected chi connectivity index (χ3v) is 6.03. The standard InChI is InChI=1S/C22H37N2S/c1-3-5-6-7-8-9-10-11-12-15-18-25-20-24-19-23(4-2)21-16-13-14-17-22(21)24/h13-14,16-17,19H,3-12,15,18,20H2,1-2H3/q+1. The van der Waals surface area contributed by atoms with E-state index in [0.29, 0.717) is 0 Å². The van der Waals surface area contributed by atoms with Crippen LogP contribution in [-0.2, 0) is 12.4 Å². The number of benzene rings is 1. The third-order valence-electron chi connectivity index (χ3n) is 4.99. The first-order valence-electron chi connectivity index (χ1n) is 10.4. The predicted octanol–water partition coefficient (Wildman–Crippen LogP) is 6.56. The molecule has 0 unspecified atom stereocenters. The lowest BCUT2D eigenvalue weighted by molar-refractivity contribution is -0.650. The maximum atomic E-state index is 2.40. The van der Waals surface area contributed by atoms with Crippen molar-refractivity contribution in [1.82, 2.24) is 4.57 Å². The van der Waals surface area contributed by atoms with Gasteiger partial charge in [-0.25, -0.2) is 9.13 Å². The van der Waals surface area contributed by atoms with Crippen molar-refractivity contribution in [3.8, 4) is 0 Å². The van der Waals surface area contributed by atoms with Crippen molar-refractivity contribution in [1.29, 1.82) is 0 Å². The Morgan fingerprint density at radius 2 is 1.48 bits per heavy atom. The number of nitrogens with zero attached hydrogens (tertiary/aromatic N) is 2. The van der Waals surface area contributed by atoms with E-state index >= 15 is 0 Å². The van der Waals surface area contributed by atoms with Crippen LogP contribution >= 0.6 is 11.8 Å². The fraction of sp³-hybridized carbons (Fsp3) is 0.682. The first-order valence-corrected chi connectivity index (χ1v) is 11.6. The maximum Gasteiger partial charge on any atom is 0.245 e. The van der Waals surface area contributed by atoms with Gasteiger partial charge in [0.25, 0.3) is 0 Å². The van der Waals surface area contributed by atoms with Crippen LogP contribution in [0.2, 0.25) is 0 Å². The van der Waals surface area contributed by atoms with Crippen molar-refractivity contribution in [2.24, 2.45) is 0 Å². The van der Waals surface area contributed by atoms with Crippen molar-refractivity contribution in [3.05, 3.63) is 30.6 Å². The van der Waals surface area contributed by atoms with E-state index in [1.165, 1.54) is 81.0 Å². The Morgan fingerprint density at radius 1 is 0.840 bits per heavy atom. The highest BCUT2D eigenvalue weighted by atomic mass is 32.2. The molecule has 25 heavy (non-hydrogen) atoms. The fourth-order valence-electron chi connectivity index (χ4n) is 3.45. The summed E-state index contributed by atoms with van der Waals surface area (Å²) in [5.74, 6) is 2.36. The van der Waals surface area contributed by atoms with Gasteiger partial charge in [0.1, 0.15) is 5.88 Å². The molecule has 0 bridgehead atoms. The minimum absolute atomic E-state index is 1.04. The summed E-state index contributed by atoms with van der Waals surface area (Å²) in [7, 11) is 0. The lowest BCUT2D eigenvalue weighted by atomic mass is 10.1. The molecule has 0 saturated carbocycles. The van der Waals surface area contributed by atoms with Crippen LogP contribution in [0.25, 0.3) is 11.0 Å². The van der Waals surface area contributed by atoms with Crippen LogP contribution in [0.3, 0.4) is 0 Å². The van der Waals surface area contributed by atoms with Gasteiger partial charge in [0.05, 0.1) is 6.54 Å². The van der Waals surface area contributed by atoms with Gasteiger partial charge in [0.2, 0.25) is 6.33 Å². The zero-order valence-corrected chi connectivity index (χ0v) is 17.2. The average molecular weight is 362 g/mol. The molecule has 0 N–H and O–H groups in total. The first-order chi connectivity index (χ1) is 12.4. The molecule has 2 aromatic rings. The summed E-state index contributed by atoms with van der Waals surface area (Å²) >= 11 is 2.07. The smallest absolute Gasteiger partial charge is 0.230 e. The van der Waals surface area contributed by atoms with Crippen LogP contribution in [0.4, 0.5) is 0 Å². The van der Waals surface area contributed by atoms with Gasteiger partial charge in [-0.2, -0.15) is 0 Å². The zero-order valence-electron chi connectivity index (χ0n) is 16.4. The zero-order chi connectivity index (χ0) is 17.7. The summed E-state index contributed by atoms with van der Waals surface area (Å²) in [4.78, 5) is 0. The number of imidazole rings is 1. The Kier molecular flexibility index (Phi) is 10.1. The molecule has 0 amide bonds. The lowest BCUT2D eigenvalue weighted by Crippen LogP contribution is -2.30. The largest absolute Gasteiger partial charge is 0.245 e. The molecule has 0 radical (unpaired) electrons. The highest BCUT2D eigenvalue weighted by molar-refractivity contribution is 7.98. The minimum Gasteiger partial charge on any atom is -0.230 e. The number of rotatable bonds is 14. The second kappa shape index (κ2) is 12.4. The van der Waals surface area contributed by atoms with E-state index in [1.54, 1.807) is 0 Å². The number of unbranched alkanes of at least 4 members (excludes halogenated alkanes) is 9. The molecule has 2 rings (SSSR count). The molecule has 0 aliphatic heterocycles. The summed E-state index contributed by atoms with van der Waals surface area (Å²) in [6.07, 6.45) is 16.5. The van der Waals surface area contributed by atoms with Crippen molar-refractivity contribution >= 4 is 22.8 Å². The van der Waals surface area contributed by atoms with Gasteiger partial charge in [-0.1, -0.05) is 76.8 Å². The summed E-state index contributed by atoms with van der Waals surface area (Å²) in [6.45, 7) is 5.54. The predicted molar refractivity (Wildman–Crippen MR) is 112 cm³/mol. The molecule has 0 aliphatic rings. The Morgan fingerprint density at radius 3 is 2.16 bits per heavy atom. The molecule has 1 heterocycles. The Bertz CT molecular complexity index is 591. The van der Waals surface area contributed by atoms with E-state index in [9.17, 15) is 0 Å². The fourth-order valence-corrected chi connectivity index (χ4v) is 4.39. The lowest BCUT2D eigenvalue weighted by Gasteiger charge is -2.02. The minimum atomic E-state index is 1.04. The number of hydrogen-bond acceptors (Lipinski definition) is 1. The summed E-state index contributed by atoms with van der Waals surface area (Å²) in [6, 6.07) is 8.74. The molecule has 1 aromatic heterocycles. The van der Waals surface area contributed by atoms with Gasteiger partial charge in [-0.05, 0) is 31.2 Å². The number of para-hydroxylation sites is 2. The molecule has 3 heteroatoms. The van der Waals surface area contributed by atoms with Crippen molar-refractivity contribution in [3.63, 3.8) is 0 Å². The van der Waals surface area contributed by atoms with Gasteiger partial charge in [0, 0.05) is 0 Å². The molecule has 0 fully saturated rings. The first kappa shape index (κ1) is 20.4. The molecule has 0 atom stereocenters. The number of thioether (sulfide) groups is 1. The molecule has 0 spiro atoms. The van der Waals surface area contributed by atoms with Gasteiger partial charge in [0.15, 0.2) is 11.0 Å². The van der Waals surface area contributed by atoms with Crippen LogP contribution in [-0.4, -0.2) is 10.3 Å². The van der Waals surface area contributed by atoms with E-state index in [0.717, 1.165) is 12.4 Å². The third kappa shape index (κ3) is 7.05. The van der Waals surface area contributed by atoms with Gasteiger partial charge in [-0.15, -0.1) is 11.8 Å². The molecular weight excluding hydrogens is 324 g/mol. The quantitative estimate of drug-likeness (QED) is 0.273. The van der Waals surface area contributed by atoms with Gasteiger partial charge < -0.3 is 0 Å². The van der Waals surface area contributed by atoms with E-state index in [-0.39, 0.29) is 0 Å². The van der Waals surface area contributed by atoms with Crippen LogP contribution in [0, 0.1) is 0 Å². The normalized spacial score (nSPS) is 11.4. The van der Waals surface area contributed by atoms with E-state index in [4.69, 9.17) is 0 Å². The summed E-state index contributed by atoms with van der Waals surface area (Å²) in [5.41, 5.74) is 2.71. The van der Waals surface area contributed by atoms with E-state index < -0.39 is 0 Å². The SMILES string of the molecule is CCCCCCCCCCCCSC[n+]1cn(CC)c2ccccc21. The average Bonchev–Trinajstić information content (AvgIpc) is 3.01. The van der Waals surface area contributed by atoms with E-state index in [2.05, 4.69) is 65.3 Å².